The summed E-state index contributed by atoms with van der Waals surface area (Å²) in [5, 5.41) is 6.15. The predicted molar refractivity (Wildman–Crippen MR) is 89.1 cm³/mol. The third-order valence-corrected chi connectivity index (χ3v) is 3.23. The van der Waals surface area contributed by atoms with E-state index in [0.29, 0.717) is 6.54 Å². The van der Waals surface area contributed by atoms with E-state index in [4.69, 9.17) is 9.47 Å². The molecule has 2 atom stereocenters. The van der Waals surface area contributed by atoms with Crippen LogP contribution in [0.25, 0.3) is 0 Å². The molecule has 0 bridgehead atoms. The summed E-state index contributed by atoms with van der Waals surface area (Å²) in [7, 11) is 1.70. The minimum absolute atomic E-state index is 0.114. The molecule has 1 aromatic rings. The molecule has 0 radical (unpaired) electrons. The highest BCUT2D eigenvalue weighted by Gasteiger charge is 2.15. The molecule has 1 rings (SSSR count). The number of amides is 1. The van der Waals surface area contributed by atoms with Gasteiger partial charge in [0.1, 0.15) is 5.60 Å². The molecule has 0 heterocycles. The Hall–Kier alpha value is -1.75. The summed E-state index contributed by atoms with van der Waals surface area (Å²) in [6.45, 7) is 10.0. The van der Waals surface area contributed by atoms with Gasteiger partial charge >= 0.3 is 6.09 Å². The third kappa shape index (κ3) is 6.80. The van der Waals surface area contributed by atoms with E-state index in [0.717, 1.165) is 11.3 Å². The summed E-state index contributed by atoms with van der Waals surface area (Å²) in [6.07, 6.45) is -0.296. The number of alkyl carbamates (subject to hydrolysis) is 1. The number of hydrogen-bond acceptors (Lipinski definition) is 4. The van der Waals surface area contributed by atoms with Gasteiger partial charge in [-0.2, -0.15) is 0 Å². The normalized spacial score (nSPS) is 14.1. The summed E-state index contributed by atoms with van der Waals surface area (Å²) in [5.74, 6) is 0. The maximum absolute atomic E-state index is 11.7. The van der Waals surface area contributed by atoms with Gasteiger partial charge in [0.25, 0.3) is 0 Å². The average molecular weight is 308 g/mol. The molecule has 2 N–H and O–H groups in total. The molecule has 0 saturated carbocycles. The van der Waals surface area contributed by atoms with E-state index in [1.165, 1.54) is 0 Å². The van der Waals surface area contributed by atoms with Crippen molar-refractivity contribution in [3.63, 3.8) is 0 Å². The lowest BCUT2D eigenvalue weighted by Crippen LogP contribution is -2.32. The number of methoxy groups -OCH3 is 1. The van der Waals surface area contributed by atoms with Crippen molar-refractivity contribution in [2.75, 3.05) is 12.4 Å². The second kappa shape index (κ2) is 8.03. The number of nitrogens with one attached hydrogen (secondary N) is 2. The quantitative estimate of drug-likeness (QED) is 0.844. The van der Waals surface area contributed by atoms with Crippen LogP contribution >= 0.6 is 0 Å². The van der Waals surface area contributed by atoms with E-state index in [2.05, 4.69) is 17.6 Å². The molecule has 0 spiro atoms. The van der Waals surface area contributed by atoms with Gasteiger partial charge < -0.3 is 20.1 Å². The lowest BCUT2D eigenvalue weighted by atomic mass is 10.1. The van der Waals surface area contributed by atoms with Crippen LogP contribution in [-0.4, -0.2) is 30.9 Å². The molecule has 124 valence electrons. The molecule has 0 aromatic heterocycles. The number of carbonyl (C=O) groups is 1. The molecule has 22 heavy (non-hydrogen) atoms. The minimum atomic E-state index is -0.487. The Morgan fingerprint density at radius 2 is 1.95 bits per heavy atom. The van der Waals surface area contributed by atoms with Crippen molar-refractivity contribution in [2.45, 2.75) is 58.9 Å². The first-order valence-corrected chi connectivity index (χ1v) is 7.56. The van der Waals surface area contributed by atoms with Gasteiger partial charge in [-0.1, -0.05) is 12.1 Å². The molecule has 5 nitrogen and oxygen atoms in total. The second-order valence-electron chi connectivity index (χ2n) is 6.43. The monoisotopic (exact) mass is 308 g/mol. The average Bonchev–Trinajstić information content (AvgIpc) is 2.42. The van der Waals surface area contributed by atoms with Crippen molar-refractivity contribution in [2.24, 2.45) is 0 Å². The first-order chi connectivity index (χ1) is 10.2. The van der Waals surface area contributed by atoms with E-state index in [-0.39, 0.29) is 12.1 Å². The molecule has 0 saturated heterocycles. The Kier molecular flexibility index (Phi) is 6.68. The zero-order chi connectivity index (χ0) is 16.8. The molecule has 0 aliphatic rings. The molecule has 0 fully saturated rings. The van der Waals surface area contributed by atoms with Crippen LogP contribution in [0.2, 0.25) is 0 Å². The topological polar surface area (TPSA) is 59.6 Å². The van der Waals surface area contributed by atoms with Gasteiger partial charge in [0.2, 0.25) is 0 Å². The van der Waals surface area contributed by atoms with E-state index in [1.807, 2.05) is 52.0 Å². The number of hydrogen-bond donors (Lipinski definition) is 2. The zero-order valence-corrected chi connectivity index (χ0v) is 14.4. The smallest absolute Gasteiger partial charge is 0.407 e. The van der Waals surface area contributed by atoms with Crippen LogP contribution in [-0.2, 0) is 16.0 Å². The number of rotatable bonds is 6. The van der Waals surface area contributed by atoms with Crippen LogP contribution in [0.1, 0.15) is 40.2 Å². The van der Waals surface area contributed by atoms with Crippen LogP contribution < -0.4 is 10.6 Å². The summed E-state index contributed by atoms with van der Waals surface area (Å²) in [6, 6.07) is 8.12. The van der Waals surface area contributed by atoms with Crippen molar-refractivity contribution < 1.29 is 14.3 Å². The maximum Gasteiger partial charge on any atom is 0.407 e. The molecular formula is C17H28N2O3. The van der Waals surface area contributed by atoms with Crippen LogP contribution in [0.4, 0.5) is 10.5 Å². The number of benzene rings is 1. The van der Waals surface area contributed by atoms with E-state index in [9.17, 15) is 4.79 Å². The molecule has 1 aromatic carbocycles. The Labute approximate surface area is 133 Å². The van der Waals surface area contributed by atoms with Gasteiger partial charge in [-0.3, -0.25) is 0 Å². The Balaban J connectivity index is 2.56. The van der Waals surface area contributed by atoms with Crippen LogP contribution in [0.5, 0.6) is 0 Å². The highest BCUT2D eigenvalue weighted by molar-refractivity contribution is 5.67. The van der Waals surface area contributed by atoms with Crippen LogP contribution in [0.15, 0.2) is 24.3 Å². The van der Waals surface area contributed by atoms with Gasteiger partial charge in [0, 0.05) is 25.4 Å². The SMILES string of the molecule is COC(C)C(C)Nc1cccc(CNC(=O)OC(C)(C)C)c1. The van der Waals surface area contributed by atoms with Gasteiger partial charge in [-0.15, -0.1) is 0 Å². The second-order valence-corrected chi connectivity index (χ2v) is 6.43. The van der Waals surface area contributed by atoms with E-state index < -0.39 is 11.7 Å². The first kappa shape index (κ1) is 18.3. The van der Waals surface area contributed by atoms with Gasteiger partial charge in [-0.25, -0.2) is 4.79 Å². The molecule has 5 heteroatoms. The van der Waals surface area contributed by atoms with Crippen molar-refractivity contribution in [3.8, 4) is 0 Å². The summed E-state index contributed by atoms with van der Waals surface area (Å²) in [5.41, 5.74) is 1.52. The Morgan fingerprint density at radius 1 is 1.27 bits per heavy atom. The Morgan fingerprint density at radius 3 is 2.55 bits per heavy atom. The molecule has 1 amide bonds. The minimum Gasteiger partial charge on any atom is -0.444 e. The van der Waals surface area contributed by atoms with E-state index in [1.54, 1.807) is 7.11 Å². The Bertz CT molecular complexity index is 483. The molecule has 0 aliphatic carbocycles. The fourth-order valence-corrected chi connectivity index (χ4v) is 1.84. The zero-order valence-electron chi connectivity index (χ0n) is 14.4. The summed E-state index contributed by atoms with van der Waals surface area (Å²) in [4.78, 5) is 11.7. The van der Waals surface area contributed by atoms with Crippen molar-refractivity contribution in [1.29, 1.82) is 0 Å². The molecule has 0 aliphatic heterocycles. The van der Waals surface area contributed by atoms with Crippen LogP contribution in [0.3, 0.4) is 0 Å². The van der Waals surface area contributed by atoms with E-state index >= 15 is 0 Å². The van der Waals surface area contributed by atoms with Crippen molar-refractivity contribution in [1.82, 2.24) is 5.32 Å². The maximum atomic E-state index is 11.7. The fraction of sp³-hybridized carbons (Fsp3) is 0.588. The van der Waals surface area contributed by atoms with Gasteiger partial charge in [-0.05, 0) is 52.3 Å². The fourth-order valence-electron chi connectivity index (χ4n) is 1.84. The lowest BCUT2D eigenvalue weighted by Gasteiger charge is -2.21. The number of ether oxygens (including phenoxy) is 2. The highest BCUT2D eigenvalue weighted by Crippen LogP contribution is 2.14. The molecule has 2 unspecified atom stereocenters. The lowest BCUT2D eigenvalue weighted by molar-refractivity contribution is 0.0523. The van der Waals surface area contributed by atoms with Gasteiger partial charge in [0.05, 0.1) is 6.10 Å². The molecular weight excluding hydrogens is 280 g/mol. The summed E-state index contributed by atoms with van der Waals surface area (Å²) >= 11 is 0. The van der Waals surface area contributed by atoms with Crippen molar-refractivity contribution >= 4 is 11.8 Å². The van der Waals surface area contributed by atoms with Crippen molar-refractivity contribution in [3.05, 3.63) is 29.8 Å². The number of carbonyl (C=O) groups excluding carboxylic acids is 1. The number of anilines is 1. The first-order valence-electron chi connectivity index (χ1n) is 7.56. The largest absolute Gasteiger partial charge is 0.444 e. The standard InChI is InChI=1S/C17H28N2O3/c1-12(13(2)21-6)19-15-9-7-8-14(10-15)11-18-16(20)22-17(3,4)5/h7-10,12-13,19H,11H2,1-6H3,(H,18,20). The third-order valence-electron chi connectivity index (χ3n) is 3.23. The highest BCUT2D eigenvalue weighted by atomic mass is 16.6. The van der Waals surface area contributed by atoms with Gasteiger partial charge in [0.15, 0.2) is 0 Å². The summed E-state index contributed by atoms with van der Waals surface area (Å²) < 4.78 is 10.5. The van der Waals surface area contributed by atoms with Crippen LogP contribution in [0, 0.1) is 0 Å². The predicted octanol–water partition coefficient (Wildman–Crippen LogP) is 3.55.